The lowest BCUT2D eigenvalue weighted by atomic mass is 10.3. The van der Waals surface area contributed by atoms with Crippen molar-refractivity contribution in [2.45, 2.75) is 0 Å². The van der Waals surface area contributed by atoms with Crippen LogP contribution in [0.3, 0.4) is 0 Å². The van der Waals surface area contributed by atoms with Gasteiger partial charge in [-0.3, -0.25) is 20.4 Å². The Morgan fingerprint density at radius 2 is 1.60 bits per heavy atom. The lowest BCUT2D eigenvalue weighted by molar-refractivity contribution is 0.0839. The number of aromatic nitrogens is 5. The zero-order valence-electron chi connectivity index (χ0n) is 15.2. The topological polar surface area (TPSA) is 127 Å². The third-order valence-corrected chi connectivity index (χ3v) is 4.37. The van der Waals surface area contributed by atoms with Crippen LogP contribution < -0.4 is 10.9 Å². The minimum atomic E-state index is -0.797. The van der Waals surface area contributed by atoms with Crippen molar-refractivity contribution in [3.05, 3.63) is 83.4 Å². The van der Waals surface area contributed by atoms with Crippen molar-refractivity contribution in [1.29, 1.82) is 0 Å². The maximum atomic E-state index is 12.3. The number of carbonyl (C=O) groups excluding carboxylic acids is 2. The average molecular weight is 424 g/mol. The number of halogens is 1. The second kappa shape index (κ2) is 8.05. The van der Waals surface area contributed by atoms with Gasteiger partial charge in [-0.05, 0) is 24.3 Å². The molecule has 0 saturated heterocycles. The molecule has 30 heavy (non-hydrogen) atoms. The van der Waals surface area contributed by atoms with Gasteiger partial charge in [0.05, 0.1) is 28.8 Å². The van der Waals surface area contributed by atoms with Gasteiger partial charge in [0, 0.05) is 0 Å². The first kappa shape index (κ1) is 19.2. The summed E-state index contributed by atoms with van der Waals surface area (Å²) in [6, 6.07) is 15.9. The fourth-order valence-electron chi connectivity index (χ4n) is 2.60. The summed E-state index contributed by atoms with van der Waals surface area (Å²) in [7, 11) is 0. The van der Waals surface area contributed by atoms with Crippen LogP contribution in [0.15, 0.2) is 67.0 Å². The normalized spacial score (nSPS) is 10.6. The molecule has 0 aliphatic carbocycles. The molecular weight excluding hydrogens is 410 g/mol. The Balaban J connectivity index is 1.43. The first-order chi connectivity index (χ1) is 14.5. The number of benzene rings is 2. The van der Waals surface area contributed by atoms with E-state index in [4.69, 9.17) is 11.6 Å². The molecule has 0 saturated carbocycles. The highest BCUT2D eigenvalue weighted by molar-refractivity contribution is 6.32. The third kappa shape index (κ3) is 3.84. The molecule has 0 radical (unpaired) electrons. The first-order valence-electron chi connectivity index (χ1n) is 8.65. The van der Waals surface area contributed by atoms with Gasteiger partial charge < -0.3 is 5.11 Å². The molecule has 2 amide bonds. The fraction of sp³-hybridized carbons (Fsp3) is 0. The summed E-state index contributed by atoms with van der Waals surface area (Å²) in [5, 5.41) is 22.1. The fourth-order valence-corrected chi connectivity index (χ4v) is 2.82. The molecule has 150 valence electrons. The van der Waals surface area contributed by atoms with Gasteiger partial charge in [-0.2, -0.15) is 5.10 Å². The molecule has 2 heterocycles. The van der Waals surface area contributed by atoms with Crippen molar-refractivity contribution in [3.8, 4) is 17.1 Å². The van der Waals surface area contributed by atoms with Crippen LogP contribution in [0.5, 0.6) is 5.75 Å². The van der Waals surface area contributed by atoms with Gasteiger partial charge in [-0.1, -0.05) is 47.1 Å². The number of para-hydroxylation sites is 2. The molecule has 4 aromatic rings. The van der Waals surface area contributed by atoms with Crippen LogP contribution in [0, 0.1) is 0 Å². The predicted molar refractivity (Wildman–Crippen MR) is 107 cm³/mol. The Kier molecular flexibility index (Phi) is 5.14. The number of nitrogens with zero attached hydrogens (tertiary/aromatic N) is 5. The van der Waals surface area contributed by atoms with Crippen LogP contribution >= 0.6 is 11.6 Å². The van der Waals surface area contributed by atoms with Crippen molar-refractivity contribution < 1.29 is 14.7 Å². The van der Waals surface area contributed by atoms with Crippen LogP contribution in [-0.2, 0) is 0 Å². The van der Waals surface area contributed by atoms with Crippen LogP contribution in [0.25, 0.3) is 11.4 Å². The monoisotopic (exact) mass is 423 g/mol. The summed E-state index contributed by atoms with van der Waals surface area (Å²) < 4.78 is 2.69. The van der Waals surface area contributed by atoms with E-state index in [-0.39, 0.29) is 17.1 Å². The van der Waals surface area contributed by atoms with Crippen molar-refractivity contribution in [3.63, 3.8) is 0 Å². The van der Waals surface area contributed by atoms with E-state index in [2.05, 4.69) is 26.3 Å². The van der Waals surface area contributed by atoms with Crippen LogP contribution in [0.2, 0.25) is 5.02 Å². The Morgan fingerprint density at radius 1 is 0.900 bits per heavy atom. The van der Waals surface area contributed by atoms with Crippen LogP contribution in [0.1, 0.15) is 21.0 Å². The molecule has 0 bridgehead atoms. The van der Waals surface area contributed by atoms with Gasteiger partial charge in [0.1, 0.15) is 0 Å². The number of hydrazine groups is 1. The number of aromatic hydroxyl groups is 1. The second-order valence-corrected chi connectivity index (χ2v) is 6.46. The minimum Gasteiger partial charge on any atom is -0.504 e. The van der Waals surface area contributed by atoms with Gasteiger partial charge in [0.25, 0.3) is 11.8 Å². The van der Waals surface area contributed by atoms with Crippen LogP contribution in [0.4, 0.5) is 0 Å². The van der Waals surface area contributed by atoms with Gasteiger partial charge >= 0.3 is 0 Å². The molecule has 2 aromatic carbocycles. The van der Waals surface area contributed by atoms with E-state index in [0.29, 0.717) is 16.4 Å². The van der Waals surface area contributed by atoms with Crippen molar-refractivity contribution >= 4 is 23.4 Å². The van der Waals surface area contributed by atoms with Crippen molar-refractivity contribution in [1.82, 2.24) is 35.6 Å². The van der Waals surface area contributed by atoms with E-state index in [1.54, 1.807) is 48.5 Å². The Hall–Kier alpha value is -4.18. The molecule has 0 unspecified atom stereocenters. The maximum absolute atomic E-state index is 12.3. The van der Waals surface area contributed by atoms with Gasteiger partial charge in [0.15, 0.2) is 17.1 Å². The molecular formula is C19H14ClN7O3. The van der Waals surface area contributed by atoms with E-state index in [1.165, 1.54) is 21.8 Å². The van der Waals surface area contributed by atoms with Gasteiger partial charge in [-0.15, -0.1) is 5.10 Å². The highest BCUT2D eigenvalue weighted by Gasteiger charge is 2.19. The lowest BCUT2D eigenvalue weighted by Gasteiger charge is -2.04. The smallest absolute Gasteiger partial charge is 0.294 e. The Labute approximate surface area is 174 Å². The van der Waals surface area contributed by atoms with E-state index < -0.39 is 11.8 Å². The highest BCUT2D eigenvalue weighted by Crippen LogP contribution is 2.19. The molecule has 0 fully saturated rings. The van der Waals surface area contributed by atoms with E-state index in [0.717, 1.165) is 0 Å². The Morgan fingerprint density at radius 3 is 2.37 bits per heavy atom. The number of nitrogens with one attached hydrogen (secondary N) is 2. The van der Waals surface area contributed by atoms with Gasteiger partial charge in [0.2, 0.25) is 0 Å². The summed E-state index contributed by atoms with van der Waals surface area (Å²) in [5.41, 5.74) is 5.30. The lowest BCUT2D eigenvalue weighted by Crippen LogP contribution is -2.42. The molecule has 10 nitrogen and oxygen atoms in total. The number of hydrogen-bond acceptors (Lipinski definition) is 6. The number of amides is 2. The molecule has 3 N–H and O–H groups in total. The summed E-state index contributed by atoms with van der Waals surface area (Å²) >= 11 is 6.10. The standard InChI is InChI=1S/C19H14ClN7O3/c20-13-8-4-5-9-15(13)27-10-14(21-25-27)18(29)22-23-19(30)17-16(28)11-26(24-17)12-6-2-1-3-7-12/h1-11,28H,(H,22,29)(H,23,30). The van der Waals surface area contributed by atoms with E-state index in [1.807, 2.05) is 6.07 Å². The summed E-state index contributed by atoms with van der Waals surface area (Å²) in [6.45, 7) is 0. The molecule has 0 spiro atoms. The van der Waals surface area contributed by atoms with E-state index in [9.17, 15) is 14.7 Å². The number of rotatable bonds is 4. The average Bonchev–Trinajstić information content (AvgIpc) is 3.40. The molecule has 2 aromatic heterocycles. The first-order valence-corrected chi connectivity index (χ1v) is 9.03. The quantitative estimate of drug-likeness (QED) is 0.430. The number of hydrogen-bond donors (Lipinski definition) is 3. The van der Waals surface area contributed by atoms with Gasteiger partial charge in [-0.25, -0.2) is 9.36 Å². The largest absolute Gasteiger partial charge is 0.504 e. The Bertz CT molecular complexity index is 1220. The second-order valence-electron chi connectivity index (χ2n) is 6.05. The highest BCUT2D eigenvalue weighted by atomic mass is 35.5. The summed E-state index contributed by atoms with van der Waals surface area (Å²) in [6.07, 6.45) is 2.66. The zero-order chi connectivity index (χ0) is 21.1. The summed E-state index contributed by atoms with van der Waals surface area (Å²) in [4.78, 5) is 24.6. The zero-order valence-corrected chi connectivity index (χ0v) is 16.0. The van der Waals surface area contributed by atoms with Crippen molar-refractivity contribution in [2.75, 3.05) is 0 Å². The molecule has 0 aliphatic heterocycles. The molecule has 4 rings (SSSR count). The van der Waals surface area contributed by atoms with Crippen LogP contribution in [-0.4, -0.2) is 41.7 Å². The number of carbonyl (C=O) groups is 2. The summed E-state index contributed by atoms with van der Waals surface area (Å²) in [5.74, 6) is -1.84. The molecule has 0 aliphatic rings. The maximum Gasteiger partial charge on any atom is 0.294 e. The van der Waals surface area contributed by atoms with E-state index >= 15 is 0 Å². The minimum absolute atomic E-state index is 0.0470. The SMILES string of the molecule is O=C(NNC(=O)c1nn(-c2ccccc2)cc1O)c1cn(-c2ccccc2Cl)nn1. The molecule has 11 heteroatoms. The predicted octanol–water partition coefficient (Wildman–Crippen LogP) is 1.89. The third-order valence-electron chi connectivity index (χ3n) is 4.05. The van der Waals surface area contributed by atoms with Crippen molar-refractivity contribution in [2.24, 2.45) is 0 Å². The molecule has 0 atom stereocenters.